The molecule has 0 bridgehead atoms. The molecule has 3 rings (SSSR count). The van der Waals surface area contributed by atoms with Crippen LogP contribution in [0.25, 0.3) is 0 Å². The van der Waals surface area contributed by atoms with Gasteiger partial charge in [-0.25, -0.2) is 5.06 Å². The largest absolute Gasteiger partial charge is 0.287 e. The fourth-order valence-electron chi connectivity index (χ4n) is 2.21. The predicted octanol–water partition coefficient (Wildman–Crippen LogP) is 2.68. The number of hydrogen-bond donors (Lipinski definition) is 2. The quantitative estimate of drug-likeness (QED) is 0.784. The summed E-state index contributed by atoms with van der Waals surface area (Å²) in [6, 6.07) is 17.8. The van der Waals surface area contributed by atoms with Crippen LogP contribution in [0.4, 0.5) is 5.69 Å². The molecule has 2 aromatic carbocycles. The molecule has 0 aromatic heterocycles. The molecule has 0 spiro atoms. The summed E-state index contributed by atoms with van der Waals surface area (Å²) in [5.74, 6) is 0. The van der Waals surface area contributed by atoms with E-state index >= 15 is 0 Å². The normalized spacial score (nSPS) is 18.9. The van der Waals surface area contributed by atoms with Crippen molar-refractivity contribution in [1.29, 1.82) is 0 Å². The molecule has 1 aliphatic heterocycles. The summed E-state index contributed by atoms with van der Waals surface area (Å²) in [6.07, 6.45) is -0.175. The van der Waals surface area contributed by atoms with Crippen molar-refractivity contribution >= 4 is 5.69 Å². The second-order valence-corrected chi connectivity index (χ2v) is 4.17. The molecule has 0 saturated carbocycles. The lowest BCUT2D eigenvalue weighted by Gasteiger charge is -2.34. The van der Waals surface area contributed by atoms with Gasteiger partial charge < -0.3 is 0 Å². The summed E-state index contributed by atoms with van der Waals surface area (Å²) in [6.45, 7) is 0.771. The summed E-state index contributed by atoms with van der Waals surface area (Å²) >= 11 is 0. The average Bonchev–Trinajstić information content (AvgIpc) is 2.40. The molecule has 0 fully saturated rings. The second kappa shape index (κ2) is 4.20. The van der Waals surface area contributed by atoms with Crippen LogP contribution in [0.15, 0.2) is 54.6 Å². The maximum Gasteiger partial charge on any atom is 0.132 e. The molecule has 0 saturated heterocycles. The summed E-state index contributed by atoms with van der Waals surface area (Å²) in [7, 11) is 0. The van der Waals surface area contributed by atoms with Crippen LogP contribution >= 0.6 is 0 Å². The molecule has 0 aliphatic carbocycles. The van der Waals surface area contributed by atoms with Gasteiger partial charge in [0.15, 0.2) is 0 Å². The monoisotopic (exact) mass is 226 g/mol. The van der Waals surface area contributed by atoms with Gasteiger partial charge in [-0.3, -0.25) is 10.5 Å². The first kappa shape index (κ1) is 10.3. The lowest BCUT2D eigenvalue weighted by atomic mass is 10.1. The molecule has 0 radical (unpaired) electrons. The lowest BCUT2D eigenvalue weighted by Crippen LogP contribution is -2.40. The highest BCUT2D eigenvalue weighted by Crippen LogP contribution is 2.30. The number of hydrogen-bond acceptors (Lipinski definition) is 3. The molecule has 1 heterocycles. The van der Waals surface area contributed by atoms with Crippen molar-refractivity contribution < 1.29 is 5.21 Å². The minimum Gasteiger partial charge on any atom is -0.287 e. The number of nitrogens with zero attached hydrogens (tertiary/aromatic N) is 1. The maximum atomic E-state index is 10.2. The van der Waals surface area contributed by atoms with E-state index in [0.29, 0.717) is 0 Å². The standard InChI is InChI=1S/C14H14N2O/c17-16-13-9-5-4-8-12(13)10-15-14(16)11-6-2-1-3-7-11/h1-9,14-15,17H,10H2. The number of rotatable bonds is 1. The summed E-state index contributed by atoms with van der Waals surface area (Å²) in [4.78, 5) is 0. The van der Waals surface area contributed by atoms with Crippen LogP contribution < -0.4 is 10.4 Å². The van der Waals surface area contributed by atoms with Gasteiger partial charge >= 0.3 is 0 Å². The van der Waals surface area contributed by atoms with Gasteiger partial charge in [-0.1, -0.05) is 48.5 Å². The molecule has 1 aliphatic rings. The topological polar surface area (TPSA) is 35.5 Å². The zero-order chi connectivity index (χ0) is 11.7. The fraction of sp³-hybridized carbons (Fsp3) is 0.143. The second-order valence-electron chi connectivity index (χ2n) is 4.17. The van der Waals surface area contributed by atoms with E-state index < -0.39 is 0 Å². The van der Waals surface area contributed by atoms with Crippen molar-refractivity contribution in [2.75, 3.05) is 5.06 Å². The molecular formula is C14H14N2O. The molecule has 2 aromatic rings. The molecule has 1 unspecified atom stereocenters. The predicted molar refractivity (Wildman–Crippen MR) is 66.7 cm³/mol. The third-order valence-electron chi connectivity index (χ3n) is 3.08. The molecule has 3 nitrogen and oxygen atoms in total. The Hall–Kier alpha value is -1.84. The van der Waals surface area contributed by atoms with E-state index in [4.69, 9.17) is 0 Å². The van der Waals surface area contributed by atoms with Gasteiger partial charge in [0.2, 0.25) is 0 Å². The van der Waals surface area contributed by atoms with Crippen LogP contribution in [-0.2, 0) is 6.54 Å². The van der Waals surface area contributed by atoms with Gasteiger partial charge in [-0.05, 0) is 17.2 Å². The van der Waals surface area contributed by atoms with E-state index in [1.54, 1.807) is 0 Å². The minimum atomic E-state index is -0.175. The van der Waals surface area contributed by atoms with Crippen LogP contribution in [-0.4, -0.2) is 5.21 Å². The Morgan fingerprint density at radius 3 is 2.53 bits per heavy atom. The summed E-state index contributed by atoms with van der Waals surface area (Å²) < 4.78 is 0. The summed E-state index contributed by atoms with van der Waals surface area (Å²) in [5.41, 5.74) is 3.05. The zero-order valence-corrected chi connectivity index (χ0v) is 9.38. The Kier molecular flexibility index (Phi) is 2.55. The van der Waals surface area contributed by atoms with Gasteiger partial charge in [0.05, 0.1) is 5.69 Å². The Bertz CT molecular complexity index is 513. The Labute approximate surface area is 100 Å². The highest BCUT2D eigenvalue weighted by molar-refractivity contribution is 5.54. The highest BCUT2D eigenvalue weighted by Gasteiger charge is 2.25. The maximum absolute atomic E-state index is 10.2. The SMILES string of the molecule is ON1c2ccccc2CNC1c1ccccc1. The third kappa shape index (κ3) is 1.79. The Morgan fingerprint density at radius 2 is 1.71 bits per heavy atom. The molecule has 0 amide bonds. The first-order chi connectivity index (χ1) is 8.36. The van der Waals surface area contributed by atoms with Crippen LogP contribution in [0.1, 0.15) is 17.3 Å². The van der Waals surface area contributed by atoms with Crippen molar-refractivity contribution in [3.8, 4) is 0 Å². The van der Waals surface area contributed by atoms with Gasteiger partial charge in [0.25, 0.3) is 0 Å². The van der Waals surface area contributed by atoms with Gasteiger partial charge in [0, 0.05) is 6.54 Å². The Morgan fingerprint density at radius 1 is 1.00 bits per heavy atom. The average molecular weight is 226 g/mol. The zero-order valence-electron chi connectivity index (χ0n) is 9.38. The van der Waals surface area contributed by atoms with Crippen molar-refractivity contribution in [3.63, 3.8) is 0 Å². The van der Waals surface area contributed by atoms with E-state index in [1.807, 2.05) is 54.6 Å². The number of para-hydroxylation sites is 1. The van der Waals surface area contributed by atoms with E-state index in [0.717, 1.165) is 23.4 Å². The van der Waals surface area contributed by atoms with Crippen LogP contribution in [0, 0.1) is 0 Å². The highest BCUT2D eigenvalue weighted by atomic mass is 16.5. The first-order valence-corrected chi connectivity index (χ1v) is 5.70. The molecule has 86 valence electrons. The van der Waals surface area contributed by atoms with Crippen LogP contribution in [0.3, 0.4) is 0 Å². The van der Waals surface area contributed by atoms with E-state index in [1.165, 1.54) is 5.06 Å². The number of benzene rings is 2. The van der Waals surface area contributed by atoms with Crippen molar-refractivity contribution in [2.24, 2.45) is 0 Å². The summed E-state index contributed by atoms with van der Waals surface area (Å²) in [5, 5.41) is 14.9. The number of anilines is 1. The Balaban J connectivity index is 1.97. The molecular weight excluding hydrogens is 212 g/mol. The lowest BCUT2D eigenvalue weighted by molar-refractivity contribution is 0.187. The number of fused-ring (bicyclic) bond motifs is 1. The van der Waals surface area contributed by atoms with Crippen LogP contribution in [0.2, 0.25) is 0 Å². The van der Waals surface area contributed by atoms with Gasteiger partial charge in [0.1, 0.15) is 6.17 Å². The molecule has 17 heavy (non-hydrogen) atoms. The van der Waals surface area contributed by atoms with Gasteiger partial charge in [-0.2, -0.15) is 0 Å². The minimum absolute atomic E-state index is 0.175. The van der Waals surface area contributed by atoms with E-state index in [9.17, 15) is 5.21 Å². The molecule has 3 heteroatoms. The smallest absolute Gasteiger partial charge is 0.132 e. The van der Waals surface area contributed by atoms with E-state index in [-0.39, 0.29) is 6.17 Å². The molecule has 2 N–H and O–H groups in total. The van der Waals surface area contributed by atoms with Crippen molar-refractivity contribution in [1.82, 2.24) is 5.32 Å². The number of nitrogens with one attached hydrogen (secondary N) is 1. The van der Waals surface area contributed by atoms with Crippen LogP contribution in [0.5, 0.6) is 0 Å². The third-order valence-corrected chi connectivity index (χ3v) is 3.08. The fourth-order valence-corrected chi connectivity index (χ4v) is 2.21. The van der Waals surface area contributed by atoms with Gasteiger partial charge in [-0.15, -0.1) is 0 Å². The first-order valence-electron chi connectivity index (χ1n) is 5.70. The van der Waals surface area contributed by atoms with Crippen molar-refractivity contribution in [3.05, 3.63) is 65.7 Å². The number of hydroxylamine groups is 1. The van der Waals surface area contributed by atoms with Crippen molar-refractivity contribution in [2.45, 2.75) is 12.7 Å². The molecule has 1 atom stereocenters. The van der Waals surface area contributed by atoms with E-state index in [2.05, 4.69) is 5.32 Å².